The second-order valence-electron chi connectivity index (χ2n) is 5.28. The number of rotatable bonds is 6. The molecule has 0 radical (unpaired) electrons. The maximum atomic E-state index is 10.0. The van der Waals surface area contributed by atoms with E-state index in [0.717, 1.165) is 24.9 Å². The summed E-state index contributed by atoms with van der Waals surface area (Å²) in [5.74, 6) is 0.396. The van der Waals surface area contributed by atoms with Gasteiger partial charge in [0.2, 0.25) is 0 Å². The summed E-state index contributed by atoms with van der Waals surface area (Å²) in [5.41, 5.74) is 2.68. The van der Waals surface area contributed by atoms with Crippen LogP contribution < -0.4 is 10.6 Å². The number of para-hydroxylation sites is 1. The van der Waals surface area contributed by atoms with Gasteiger partial charge < -0.3 is 5.11 Å². The molecule has 0 spiro atoms. The van der Waals surface area contributed by atoms with Gasteiger partial charge in [0.1, 0.15) is 5.75 Å². The zero-order valence-corrected chi connectivity index (χ0v) is 18.4. The van der Waals surface area contributed by atoms with Gasteiger partial charge in [-0.05, 0) is 42.5 Å². The Bertz CT molecular complexity index is 624. The molecule has 0 aromatic heterocycles. The predicted molar refractivity (Wildman–Crippen MR) is 105 cm³/mol. The number of aryl methyl sites for hydroxylation is 1. The standard InChI is InChI=1S/C18H24NOP.2ClH.Ti/c1-4-19(5-2)13-15-10-8-9-14(3)18(15)21-17-12-7-6-11-16(17)20;;;/h6-12,20-21H,4-5,13H2,1-3H3;2*1H;/q;;;+2/p-2. The molecular weight excluding hydrogens is 396 g/mol. The topological polar surface area (TPSA) is 23.5 Å². The van der Waals surface area contributed by atoms with E-state index in [4.69, 9.17) is 18.6 Å². The number of aromatic hydroxyl groups is 1. The molecule has 2 aromatic rings. The Morgan fingerprint density at radius 2 is 1.67 bits per heavy atom. The predicted octanol–water partition coefficient (Wildman–Crippen LogP) is 4.55. The van der Waals surface area contributed by atoms with Gasteiger partial charge in [-0.25, -0.2) is 0 Å². The summed E-state index contributed by atoms with van der Waals surface area (Å²) in [6.07, 6.45) is 0. The first kappa shape index (κ1) is 22.0. The van der Waals surface area contributed by atoms with E-state index in [9.17, 15) is 5.11 Å². The second-order valence-corrected chi connectivity index (χ2v) is 9.15. The van der Waals surface area contributed by atoms with Crippen molar-refractivity contribution in [3.63, 3.8) is 0 Å². The third kappa shape index (κ3) is 7.04. The molecule has 0 amide bonds. The van der Waals surface area contributed by atoms with Gasteiger partial charge >= 0.3 is 35.6 Å². The third-order valence-corrected chi connectivity index (χ3v) is 5.47. The van der Waals surface area contributed by atoms with Gasteiger partial charge in [-0.1, -0.05) is 58.8 Å². The normalized spacial score (nSPS) is 10.8. The molecule has 0 aliphatic carbocycles. The van der Waals surface area contributed by atoms with Crippen LogP contribution in [0.4, 0.5) is 0 Å². The van der Waals surface area contributed by atoms with Gasteiger partial charge in [0.25, 0.3) is 0 Å². The maximum absolute atomic E-state index is 10.0. The summed E-state index contributed by atoms with van der Waals surface area (Å²) in [4.78, 5) is 2.42. The molecule has 0 saturated carbocycles. The number of hydrogen-bond acceptors (Lipinski definition) is 2. The first-order chi connectivity index (χ1) is 11.6. The summed E-state index contributed by atoms with van der Waals surface area (Å²) in [7, 11) is 10.3. The molecule has 0 aliphatic rings. The van der Waals surface area contributed by atoms with E-state index in [1.165, 1.54) is 16.4 Å². The van der Waals surface area contributed by atoms with E-state index in [2.05, 4.69) is 43.9 Å². The molecule has 0 bridgehead atoms. The Morgan fingerprint density at radius 1 is 1.04 bits per heavy atom. The van der Waals surface area contributed by atoms with E-state index in [1.807, 2.05) is 18.2 Å². The van der Waals surface area contributed by atoms with Crippen LogP contribution in [0.1, 0.15) is 25.0 Å². The summed E-state index contributed by atoms with van der Waals surface area (Å²) >= 11 is -0.556. The fourth-order valence-corrected chi connectivity index (χ4v) is 3.71. The van der Waals surface area contributed by atoms with Crippen LogP contribution in [0.25, 0.3) is 0 Å². The van der Waals surface area contributed by atoms with Crippen molar-refractivity contribution in [3.8, 4) is 5.75 Å². The minimum absolute atomic E-state index is 0.396. The molecule has 0 saturated heterocycles. The van der Waals surface area contributed by atoms with Gasteiger partial charge in [-0.15, -0.1) is 0 Å². The summed E-state index contributed by atoms with van der Waals surface area (Å²) < 4.78 is 0. The molecule has 2 rings (SSSR count). The van der Waals surface area contributed by atoms with Crippen LogP contribution in [0.5, 0.6) is 5.75 Å². The Morgan fingerprint density at radius 3 is 2.25 bits per heavy atom. The molecule has 1 atom stereocenters. The Balaban J connectivity index is 0.000000891. The summed E-state index contributed by atoms with van der Waals surface area (Å²) in [5, 5.41) is 12.4. The summed E-state index contributed by atoms with van der Waals surface area (Å²) in [6.45, 7) is 9.65. The number of halogens is 2. The number of benzene rings is 2. The molecular formula is C18H24Cl2NOPTi. The van der Waals surface area contributed by atoms with Crippen LogP contribution in [-0.4, -0.2) is 23.1 Å². The van der Waals surface area contributed by atoms with Gasteiger partial charge in [0, 0.05) is 11.8 Å². The SMILES string of the molecule is CCN(CC)Cc1cccc(C)c1Pc1ccccc1O.[Cl][Ti][Cl]. The molecule has 1 unspecified atom stereocenters. The molecule has 2 aromatic carbocycles. The van der Waals surface area contributed by atoms with Crippen LogP contribution in [-0.2, 0) is 23.6 Å². The van der Waals surface area contributed by atoms with Crippen LogP contribution in [0.3, 0.4) is 0 Å². The quantitative estimate of drug-likeness (QED) is 0.548. The number of phenolic OH excluding ortho intramolecular Hbond substituents is 1. The molecule has 1 N–H and O–H groups in total. The number of phenols is 1. The van der Waals surface area contributed by atoms with Crippen molar-refractivity contribution in [2.24, 2.45) is 0 Å². The number of nitrogens with zero attached hydrogens (tertiary/aromatic N) is 1. The fourth-order valence-electron chi connectivity index (χ4n) is 2.44. The average molecular weight is 420 g/mol. The first-order valence-corrected chi connectivity index (χ1v) is 13.2. The molecule has 2 nitrogen and oxygen atoms in total. The van der Waals surface area contributed by atoms with Crippen LogP contribution in [0.15, 0.2) is 42.5 Å². The van der Waals surface area contributed by atoms with E-state index in [-0.39, 0.29) is 0 Å². The summed E-state index contributed by atoms with van der Waals surface area (Å²) in [6, 6.07) is 14.2. The Labute approximate surface area is 164 Å². The molecule has 0 aliphatic heterocycles. The van der Waals surface area contributed by atoms with Crippen LogP contribution >= 0.6 is 27.2 Å². The van der Waals surface area contributed by atoms with Crippen molar-refractivity contribution in [1.82, 2.24) is 4.90 Å². The van der Waals surface area contributed by atoms with Gasteiger partial charge in [0.15, 0.2) is 0 Å². The van der Waals surface area contributed by atoms with Crippen molar-refractivity contribution in [1.29, 1.82) is 0 Å². The van der Waals surface area contributed by atoms with Crippen molar-refractivity contribution >= 4 is 37.8 Å². The molecule has 24 heavy (non-hydrogen) atoms. The van der Waals surface area contributed by atoms with Crippen LogP contribution in [0.2, 0.25) is 0 Å². The Hall–Kier alpha value is -0.0757. The van der Waals surface area contributed by atoms with Gasteiger partial charge in [-0.2, -0.15) is 0 Å². The van der Waals surface area contributed by atoms with Crippen molar-refractivity contribution in [2.75, 3.05) is 13.1 Å². The third-order valence-electron chi connectivity index (χ3n) is 3.81. The fraction of sp³-hybridized carbons (Fsp3) is 0.333. The van der Waals surface area contributed by atoms with Crippen molar-refractivity contribution < 1.29 is 22.1 Å². The average Bonchev–Trinajstić information content (AvgIpc) is 2.58. The van der Waals surface area contributed by atoms with E-state index >= 15 is 0 Å². The second kappa shape index (κ2) is 12.3. The molecule has 130 valence electrons. The molecule has 0 heterocycles. The zero-order valence-electron chi connectivity index (χ0n) is 14.3. The van der Waals surface area contributed by atoms with Gasteiger partial charge in [-0.3, -0.25) is 4.90 Å². The minimum atomic E-state index is -0.556. The number of hydrogen-bond donors (Lipinski definition) is 1. The van der Waals surface area contributed by atoms with Crippen LogP contribution in [0, 0.1) is 6.92 Å². The Kier molecular flexibility index (Phi) is 11.3. The van der Waals surface area contributed by atoms with Crippen molar-refractivity contribution in [3.05, 3.63) is 53.6 Å². The van der Waals surface area contributed by atoms with Crippen molar-refractivity contribution in [2.45, 2.75) is 27.3 Å². The molecule has 0 fully saturated rings. The van der Waals surface area contributed by atoms with E-state index < -0.39 is 17.0 Å². The van der Waals surface area contributed by atoms with E-state index in [0.29, 0.717) is 14.3 Å². The first-order valence-electron chi connectivity index (χ1n) is 7.89. The zero-order chi connectivity index (χ0) is 17.9. The monoisotopic (exact) mass is 419 g/mol. The van der Waals surface area contributed by atoms with E-state index in [1.54, 1.807) is 6.07 Å². The molecule has 6 heteroatoms. The van der Waals surface area contributed by atoms with Gasteiger partial charge in [0.05, 0.1) is 0 Å².